The van der Waals surface area contributed by atoms with Crippen molar-refractivity contribution < 1.29 is 37.9 Å². The van der Waals surface area contributed by atoms with E-state index in [1.54, 1.807) is 69.0 Å². The normalized spacial score (nSPS) is 10.7. The zero-order chi connectivity index (χ0) is 31.4. The zero-order valence-corrected chi connectivity index (χ0v) is 25.7. The summed E-state index contributed by atoms with van der Waals surface area (Å²) in [4.78, 5) is 14.2. The molecule has 0 fully saturated rings. The van der Waals surface area contributed by atoms with E-state index >= 15 is 0 Å². The Hall–Kier alpha value is -5.59. The number of fused-ring (bicyclic) bond motifs is 1. The summed E-state index contributed by atoms with van der Waals surface area (Å²) in [6.07, 6.45) is 1.46. The second-order valence-corrected chi connectivity index (χ2v) is 9.16. The highest BCUT2D eigenvalue weighted by Crippen LogP contribution is 2.44. The van der Waals surface area contributed by atoms with Gasteiger partial charge in [-0.3, -0.25) is 4.57 Å². The lowest BCUT2D eigenvalue weighted by Crippen LogP contribution is -2.02. The molecule has 1 N–H and O–H groups in total. The predicted molar refractivity (Wildman–Crippen MR) is 164 cm³/mol. The standard InChI is InChI=1S/C31H33N5O8/c1-37-20-10-9-19(15-21(20)38-2)36-30(17-11-22(39-3)27(43-7)23(12-17)40-4)35-26-29(32-16-33-31(26)36)34-18-13-24(41-5)28(44-8)25(14-18)42-6/h9-16H,1-8H3,(H,32,33,34). The summed E-state index contributed by atoms with van der Waals surface area (Å²) in [5.41, 5.74) is 3.03. The first kappa shape index (κ1) is 29.9. The van der Waals surface area contributed by atoms with E-state index in [1.807, 2.05) is 34.9 Å². The molecule has 0 spiro atoms. The highest BCUT2D eigenvalue weighted by Gasteiger charge is 2.24. The average molecular weight is 604 g/mol. The Bertz CT molecular complexity index is 1760. The molecule has 0 atom stereocenters. The van der Waals surface area contributed by atoms with Gasteiger partial charge in [0.25, 0.3) is 0 Å². The fraction of sp³-hybridized carbons (Fsp3) is 0.258. The fourth-order valence-corrected chi connectivity index (χ4v) is 4.89. The van der Waals surface area contributed by atoms with Crippen molar-refractivity contribution in [1.29, 1.82) is 0 Å². The van der Waals surface area contributed by atoms with Gasteiger partial charge >= 0.3 is 0 Å². The van der Waals surface area contributed by atoms with Crippen molar-refractivity contribution in [1.82, 2.24) is 19.5 Å². The number of nitrogens with one attached hydrogen (secondary N) is 1. The molecule has 0 saturated carbocycles. The van der Waals surface area contributed by atoms with Gasteiger partial charge in [0, 0.05) is 29.4 Å². The van der Waals surface area contributed by atoms with Crippen LogP contribution in [0.4, 0.5) is 11.5 Å². The van der Waals surface area contributed by atoms with Crippen molar-refractivity contribution in [3.63, 3.8) is 0 Å². The van der Waals surface area contributed by atoms with Gasteiger partial charge in [-0.05, 0) is 24.3 Å². The number of benzene rings is 3. The molecule has 2 heterocycles. The first-order chi connectivity index (χ1) is 21.4. The quantitative estimate of drug-likeness (QED) is 0.199. The van der Waals surface area contributed by atoms with Gasteiger partial charge in [0.05, 0.1) is 62.6 Å². The molecule has 44 heavy (non-hydrogen) atoms. The van der Waals surface area contributed by atoms with Crippen LogP contribution < -0.4 is 43.2 Å². The second-order valence-electron chi connectivity index (χ2n) is 9.16. The van der Waals surface area contributed by atoms with Gasteiger partial charge in [-0.2, -0.15) is 0 Å². The molecular formula is C31H33N5O8. The summed E-state index contributed by atoms with van der Waals surface area (Å²) in [6.45, 7) is 0. The molecule has 13 nitrogen and oxygen atoms in total. The lowest BCUT2D eigenvalue weighted by Gasteiger charge is -2.16. The van der Waals surface area contributed by atoms with E-state index in [2.05, 4.69) is 15.3 Å². The topological polar surface area (TPSA) is 129 Å². The Morgan fingerprint density at radius 2 is 1.11 bits per heavy atom. The minimum Gasteiger partial charge on any atom is -0.493 e. The van der Waals surface area contributed by atoms with Gasteiger partial charge in [0.15, 0.2) is 51.5 Å². The van der Waals surface area contributed by atoms with E-state index in [9.17, 15) is 0 Å². The average Bonchev–Trinajstić information content (AvgIpc) is 3.47. The second kappa shape index (κ2) is 12.7. The summed E-state index contributed by atoms with van der Waals surface area (Å²) in [7, 11) is 12.5. The minimum absolute atomic E-state index is 0.442. The predicted octanol–water partition coefficient (Wildman–Crippen LogP) is 5.29. The highest BCUT2D eigenvalue weighted by molar-refractivity contribution is 5.90. The molecule has 0 aliphatic carbocycles. The third-order valence-corrected chi connectivity index (χ3v) is 6.92. The number of hydrogen-bond donors (Lipinski definition) is 1. The highest BCUT2D eigenvalue weighted by atomic mass is 16.5. The molecule has 13 heteroatoms. The molecule has 230 valence electrons. The SMILES string of the molecule is COc1ccc(-n2c(-c3cc(OC)c(OC)c(OC)c3)nc3c(Nc4cc(OC)c(OC)c(OC)c4)ncnc32)cc1OC. The minimum atomic E-state index is 0.442. The van der Waals surface area contributed by atoms with Crippen LogP contribution >= 0.6 is 0 Å². The molecular weight excluding hydrogens is 570 g/mol. The maximum Gasteiger partial charge on any atom is 0.203 e. The molecule has 0 bridgehead atoms. The molecule has 2 aromatic heterocycles. The van der Waals surface area contributed by atoms with Crippen molar-refractivity contribution in [3.05, 3.63) is 48.8 Å². The van der Waals surface area contributed by atoms with Crippen LogP contribution in [0.25, 0.3) is 28.2 Å². The van der Waals surface area contributed by atoms with E-state index in [1.165, 1.54) is 6.33 Å². The van der Waals surface area contributed by atoms with Gasteiger partial charge in [-0.1, -0.05) is 0 Å². The van der Waals surface area contributed by atoms with Crippen LogP contribution in [0.15, 0.2) is 48.8 Å². The number of rotatable bonds is 12. The Kier molecular flexibility index (Phi) is 8.65. The van der Waals surface area contributed by atoms with Gasteiger partial charge < -0.3 is 43.2 Å². The Morgan fingerprint density at radius 1 is 0.568 bits per heavy atom. The molecule has 5 aromatic rings. The molecule has 0 radical (unpaired) electrons. The van der Waals surface area contributed by atoms with Crippen molar-refractivity contribution in [2.45, 2.75) is 0 Å². The molecule has 0 aliphatic rings. The lowest BCUT2D eigenvalue weighted by atomic mass is 10.1. The maximum absolute atomic E-state index is 5.64. The monoisotopic (exact) mass is 603 g/mol. The van der Waals surface area contributed by atoms with Crippen LogP contribution in [-0.2, 0) is 0 Å². The fourth-order valence-electron chi connectivity index (χ4n) is 4.89. The number of hydrogen-bond acceptors (Lipinski definition) is 12. The number of anilines is 2. The third-order valence-electron chi connectivity index (χ3n) is 6.92. The molecule has 0 aliphatic heterocycles. The Morgan fingerprint density at radius 3 is 1.64 bits per heavy atom. The van der Waals surface area contributed by atoms with Gasteiger partial charge in [0.2, 0.25) is 11.5 Å². The van der Waals surface area contributed by atoms with E-state index in [4.69, 9.17) is 42.9 Å². The summed E-state index contributed by atoms with van der Waals surface area (Å²) >= 11 is 0. The molecule has 0 saturated heterocycles. The lowest BCUT2D eigenvalue weighted by molar-refractivity contribution is 0.324. The number of nitrogens with zero attached hydrogens (tertiary/aromatic N) is 4. The largest absolute Gasteiger partial charge is 0.493 e. The van der Waals surface area contributed by atoms with E-state index in [-0.39, 0.29) is 0 Å². The third kappa shape index (κ3) is 5.23. The van der Waals surface area contributed by atoms with Crippen molar-refractivity contribution in [3.8, 4) is 63.1 Å². The van der Waals surface area contributed by atoms with Crippen LogP contribution in [0.5, 0.6) is 46.0 Å². The summed E-state index contributed by atoms with van der Waals surface area (Å²) < 4.78 is 46.3. The molecule has 3 aromatic carbocycles. The van der Waals surface area contributed by atoms with Crippen molar-refractivity contribution in [2.24, 2.45) is 0 Å². The van der Waals surface area contributed by atoms with Crippen LogP contribution in [0.1, 0.15) is 0 Å². The van der Waals surface area contributed by atoms with Crippen LogP contribution in [0, 0.1) is 0 Å². The smallest absolute Gasteiger partial charge is 0.203 e. The molecule has 0 amide bonds. The maximum atomic E-state index is 5.64. The first-order valence-electron chi connectivity index (χ1n) is 13.3. The van der Waals surface area contributed by atoms with Crippen molar-refractivity contribution in [2.75, 3.05) is 62.2 Å². The number of aromatic nitrogens is 4. The summed E-state index contributed by atoms with van der Waals surface area (Å²) in [6, 6.07) is 12.7. The van der Waals surface area contributed by atoms with Crippen LogP contribution in [0.3, 0.4) is 0 Å². The number of methoxy groups -OCH3 is 8. The Labute approximate surface area is 254 Å². The van der Waals surface area contributed by atoms with Crippen LogP contribution in [-0.4, -0.2) is 76.4 Å². The summed E-state index contributed by atoms with van der Waals surface area (Å²) in [5, 5.41) is 3.34. The van der Waals surface area contributed by atoms with Crippen LogP contribution in [0.2, 0.25) is 0 Å². The molecule has 0 unspecified atom stereocenters. The first-order valence-corrected chi connectivity index (χ1v) is 13.3. The van der Waals surface area contributed by atoms with E-state index < -0.39 is 0 Å². The summed E-state index contributed by atoms with van der Waals surface area (Å²) in [5.74, 6) is 4.90. The van der Waals surface area contributed by atoms with Crippen molar-refractivity contribution >= 4 is 22.7 Å². The Balaban J connectivity index is 1.77. The van der Waals surface area contributed by atoms with Gasteiger partial charge in [-0.25, -0.2) is 15.0 Å². The molecule has 5 rings (SSSR count). The number of ether oxygens (including phenoxy) is 8. The van der Waals surface area contributed by atoms with Gasteiger partial charge in [-0.15, -0.1) is 0 Å². The van der Waals surface area contributed by atoms with Gasteiger partial charge in [0.1, 0.15) is 12.2 Å². The zero-order valence-electron chi connectivity index (χ0n) is 25.7. The number of imidazole rings is 1. The van der Waals surface area contributed by atoms with E-state index in [0.29, 0.717) is 85.7 Å². The van der Waals surface area contributed by atoms with E-state index in [0.717, 1.165) is 0 Å².